The summed E-state index contributed by atoms with van der Waals surface area (Å²) in [6, 6.07) is 12.3. The zero-order valence-corrected chi connectivity index (χ0v) is 26.2. The van der Waals surface area contributed by atoms with Crippen molar-refractivity contribution in [3.63, 3.8) is 0 Å². The summed E-state index contributed by atoms with van der Waals surface area (Å²) in [5.41, 5.74) is -1.00. The van der Waals surface area contributed by atoms with E-state index in [1.807, 2.05) is 13.8 Å². The quantitative estimate of drug-likeness (QED) is 0.347. The largest absolute Gasteiger partial charge is 0.494 e. The molecular formula is C34H40ClN3O6. The number of aliphatic hydroxyl groups excluding tert-OH is 1. The summed E-state index contributed by atoms with van der Waals surface area (Å²) in [6.45, 7) is 13.7. The number of hydrogen-bond acceptors (Lipinski definition) is 6. The number of nitrogens with zero attached hydrogens (tertiary/aromatic N) is 3. The van der Waals surface area contributed by atoms with E-state index in [-0.39, 0.29) is 37.4 Å². The topological polar surface area (TPSA) is 99.6 Å². The van der Waals surface area contributed by atoms with Gasteiger partial charge < -0.3 is 29.3 Å². The third kappa shape index (κ3) is 5.10. The summed E-state index contributed by atoms with van der Waals surface area (Å²) >= 11 is 6.13. The second-order valence-electron chi connectivity index (χ2n) is 11.9. The number of rotatable bonds is 12. The molecule has 1 N–H and O–H groups in total. The molecule has 3 saturated heterocycles. The first-order valence-corrected chi connectivity index (χ1v) is 15.4. The Hall–Kier alpha value is -3.66. The van der Waals surface area contributed by atoms with Crippen LogP contribution in [-0.4, -0.2) is 77.3 Å². The Morgan fingerprint density at radius 2 is 1.64 bits per heavy atom. The monoisotopic (exact) mass is 621 g/mol. The van der Waals surface area contributed by atoms with E-state index in [0.29, 0.717) is 41.6 Å². The van der Waals surface area contributed by atoms with Crippen molar-refractivity contribution in [1.82, 2.24) is 4.90 Å². The number of aliphatic hydroxyl groups is 1. The van der Waals surface area contributed by atoms with E-state index < -0.39 is 35.1 Å². The van der Waals surface area contributed by atoms with Crippen LogP contribution in [0.1, 0.15) is 33.6 Å². The van der Waals surface area contributed by atoms with Crippen LogP contribution in [0.15, 0.2) is 73.8 Å². The molecule has 0 aliphatic carbocycles. The van der Waals surface area contributed by atoms with Crippen LogP contribution < -0.4 is 14.5 Å². The first kappa shape index (κ1) is 31.8. The number of benzene rings is 2. The number of hydrogen-bond donors (Lipinski definition) is 1. The van der Waals surface area contributed by atoms with Gasteiger partial charge in [0.1, 0.15) is 17.4 Å². The molecule has 2 bridgehead atoms. The van der Waals surface area contributed by atoms with E-state index in [1.165, 1.54) is 4.90 Å². The summed E-state index contributed by atoms with van der Waals surface area (Å²) in [7, 11) is 0. The third-order valence-corrected chi connectivity index (χ3v) is 9.46. The lowest BCUT2D eigenvalue weighted by Crippen LogP contribution is -2.58. The van der Waals surface area contributed by atoms with E-state index >= 15 is 0 Å². The fraction of sp³-hybridized carbons (Fsp3) is 0.441. The van der Waals surface area contributed by atoms with Crippen LogP contribution in [0.25, 0.3) is 0 Å². The van der Waals surface area contributed by atoms with Crippen molar-refractivity contribution in [1.29, 1.82) is 0 Å². The maximum absolute atomic E-state index is 14.6. The molecule has 2 aromatic carbocycles. The molecular weight excluding hydrogens is 582 g/mol. The predicted molar refractivity (Wildman–Crippen MR) is 170 cm³/mol. The van der Waals surface area contributed by atoms with E-state index in [9.17, 15) is 19.5 Å². The highest BCUT2D eigenvalue weighted by molar-refractivity contribution is 6.30. The van der Waals surface area contributed by atoms with Crippen LogP contribution in [0.2, 0.25) is 5.02 Å². The number of amides is 3. The van der Waals surface area contributed by atoms with Gasteiger partial charge in [0.25, 0.3) is 5.91 Å². The van der Waals surface area contributed by atoms with Crippen LogP contribution in [0, 0.1) is 11.8 Å². The molecule has 1 spiro atoms. The Morgan fingerprint density at radius 3 is 2.18 bits per heavy atom. The number of carbonyl (C=O) groups is 3. The van der Waals surface area contributed by atoms with Crippen LogP contribution in [0.4, 0.5) is 11.4 Å². The summed E-state index contributed by atoms with van der Waals surface area (Å²) < 4.78 is 12.4. The van der Waals surface area contributed by atoms with E-state index in [4.69, 9.17) is 21.1 Å². The molecule has 234 valence electrons. The van der Waals surface area contributed by atoms with Gasteiger partial charge in [0.2, 0.25) is 11.8 Å². The van der Waals surface area contributed by atoms with Crippen molar-refractivity contribution >= 4 is 40.7 Å². The lowest BCUT2D eigenvalue weighted by Gasteiger charge is -2.38. The lowest BCUT2D eigenvalue weighted by molar-refractivity contribution is -0.147. The zero-order valence-electron chi connectivity index (χ0n) is 25.4. The van der Waals surface area contributed by atoms with Crippen molar-refractivity contribution < 1.29 is 29.0 Å². The summed E-state index contributed by atoms with van der Waals surface area (Å²) in [5, 5.41) is 10.8. The highest BCUT2D eigenvalue weighted by Gasteiger charge is 2.78. The molecule has 0 radical (unpaired) electrons. The molecule has 3 aliphatic rings. The Kier molecular flexibility index (Phi) is 8.94. The minimum Gasteiger partial charge on any atom is -0.494 e. The van der Waals surface area contributed by atoms with E-state index in [1.54, 1.807) is 77.4 Å². The minimum atomic E-state index is -1.25. The fourth-order valence-electron chi connectivity index (χ4n) is 7.31. The van der Waals surface area contributed by atoms with Crippen molar-refractivity contribution in [3.05, 3.63) is 78.9 Å². The maximum Gasteiger partial charge on any atom is 0.253 e. The summed E-state index contributed by atoms with van der Waals surface area (Å²) in [5.74, 6) is -2.10. The standard InChI is InChI=1S/C34H40ClN3O6/c1-6-19-36(25-13-15-26(16-14-25)43-8-3)30(40)27-28-31(41)38(22(4)21-39)29(34(28)18-17-33(27,5)44-34)32(42)37(20-7-2)24-11-9-23(35)10-12-24/h6-7,9-16,22,27-29,39H,1-2,8,17-21H2,3-5H3/t22-,27-,28+,29?,33+,34?/m1/s1. The second-order valence-corrected chi connectivity index (χ2v) is 12.3. The zero-order chi connectivity index (χ0) is 31.8. The molecule has 0 aromatic heterocycles. The van der Waals surface area contributed by atoms with Gasteiger partial charge in [-0.15, -0.1) is 13.2 Å². The predicted octanol–water partition coefficient (Wildman–Crippen LogP) is 4.62. The van der Waals surface area contributed by atoms with Gasteiger partial charge in [0.05, 0.1) is 36.7 Å². The lowest BCUT2D eigenvalue weighted by atomic mass is 9.66. The molecule has 10 heteroatoms. The van der Waals surface area contributed by atoms with Crippen LogP contribution in [0.3, 0.4) is 0 Å². The van der Waals surface area contributed by atoms with Crippen LogP contribution in [-0.2, 0) is 19.1 Å². The Balaban J connectivity index is 1.57. The van der Waals surface area contributed by atoms with E-state index in [2.05, 4.69) is 13.2 Å². The average Bonchev–Trinajstić information content (AvgIpc) is 3.59. The summed E-state index contributed by atoms with van der Waals surface area (Å²) in [6.07, 6.45) is 4.17. The van der Waals surface area contributed by atoms with Crippen molar-refractivity contribution in [2.24, 2.45) is 11.8 Å². The van der Waals surface area contributed by atoms with Gasteiger partial charge in [-0.1, -0.05) is 23.8 Å². The molecule has 5 rings (SSSR count). The molecule has 44 heavy (non-hydrogen) atoms. The number of anilines is 2. The van der Waals surface area contributed by atoms with E-state index in [0.717, 1.165) is 0 Å². The van der Waals surface area contributed by atoms with Crippen LogP contribution >= 0.6 is 11.6 Å². The second kappa shape index (κ2) is 12.4. The number of ether oxygens (including phenoxy) is 2. The van der Waals surface area contributed by atoms with Crippen molar-refractivity contribution in [2.75, 3.05) is 36.1 Å². The maximum atomic E-state index is 14.6. The Labute approximate surface area is 263 Å². The molecule has 3 aliphatic heterocycles. The Morgan fingerprint density at radius 1 is 1.07 bits per heavy atom. The van der Waals surface area contributed by atoms with Gasteiger partial charge in [-0.25, -0.2) is 0 Å². The number of carbonyl (C=O) groups excluding carboxylic acids is 3. The SMILES string of the molecule is C=CCN(C(=O)C1N([C@H](C)CO)C(=O)[C@@H]2[C@H](C(=O)N(CC=C)c3ccc(OCC)cc3)[C@]3(C)CCC12O3)c1ccc(Cl)cc1. The number of likely N-dealkylation sites (tertiary alicyclic amines) is 1. The highest BCUT2D eigenvalue weighted by Crippen LogP contribution is 2.64. The van der Waals surface area contributed by atoms with Gasteiger partial charge in [-0.05, 0) is 82.1 Å². The van der Waals surface area contributed by atoms with Gasteiger partial charge in [0.15, 0.2) is 0 Å². The van der Waals surface area contributed by atoms with Gasteiger partial charge in [-0.2, -0.15) is 0 Å². The average molecular weight is 622 g/mol. The molecule has 2 unspecified atom stereocenters. The van der Waals surface area contributed by atoms with Crippen molar-refractivity contribution in [2.45, 2.75) is 56.9 Å². The highest BCUT2D eigenvalue weighted by atomic mass is 35.5. The molecule has 6 atom stereocenters. The number of halogens is 1. The molecule has 3 fully saturated rings. The first-order valence-electron chi connectivity index (χ1n) is 15.0. The molecule has 9 nitrogen and oxygen atoms in total. The molecule has 2 aromatic rings. The minimum absolute atomic E-state index is 0.178. The van der Waals surface area contributed by atoms with Crippen molar-refractivity contribution in [3.8, 4) is 5.75 Å². The smallest absolute Gasteiger partial charge is 0.253 e. The molecule has 3 heterocycles. The molecule has 3 amide bonds. The summed E-state index contributed by atoms with van der Waals surface area (Å²) in [4.78, 5) is 48.2. The first-order chi connectivity index (χ1) is 21.1. The van der Waals surface area contributed by atoms with Gasteiger partial charge >= 0.3 is 0 Å². The van der Waals surface area contributed by atoms with Crippen LogP contribution in [0.5, 0.6) is 5.75 Å². The number of fused-ring (bicyclic) bond motifs is 1. The van der Waals surface area contributed by atoms with Gasteiger partial charge in [0, 0.05) is 29.5 Å². The normalized spacial score (nSPS) is 27.5. The Bertz CT molecular complexity index is 1430. The molecule has 0 saturated carbocycles. The fourth-order valence-corrected chi connectivity index (χ4v) is 7.44. The third-order valence-electron chi connectivity index (χ3n) is 9.21. The van der Waals surface area contributed by atoms with Gasteiger partial charge in [-0.3, -0.25) is 14.4 Å².